The third-order valence-corrected chi connectivity index (χ3v) is 3.63. The Morgan fingerprint density at radius 2 is 2.08 bits per heavy atom. The molecule has 1 heterocycles. The smallest absolute Gasteiger partial charge is 0.229 e. The van der Waals surface area contributed by atoms with Crippen LogP contribution in [0.15, 0.2) is 28.8 Å². The van der Waals surface area contributed by atoms with Crippen molar-refractivity contribution in [3.05, 3.63) is 41.5 Å². The van der Waals surface area contributed by atoms with Crippen LogP contribution in [0.1, 0.15) is 49.9 Å². The van der Waals surface area contributed by atoms with Gasteiger partial charge < -0.3 is 9.84 Å². The number of nitrogens with zero attached hydrogens (tertiary/aromatic N) is 4. The fraction of sp³-hybridized carbons (Fsp3) is 0.444. The standard InChI is InChI=1S/C18H23N5O2/c1-13(2)18-21-16(22-25-18)12-23(3)10-4-5-17(24)20-15-8-6-14(11-19)7-9-15/h6-9,13H,4-5,10,12H2,1-3H3,(H,20,24). The number of rotatable bonds is 8. The number of carbonyl (C=O) groups is 1. The zero-order valence-corrected chi connectivity index (χ0v) is 14.8. The van der Waals surface area contributed by atoms with Gasteiger partial charge in [-0.15, -0.1) is 0 Å². The van der Waals surface area contributed by atoms with E-state index in [1.807, 2.05) is 27.0 Å². The lowest BCUT2D eigenvalue weighted by Gasteiger charge is -2.13. The van der Waals surface area contributed by atoms with Gasteiger partial charge in [0.15, 0.2) is 5.82 Å². The van der Waals surface area contributed by atoms with Gasteiger partial charge in [-0.3, -0.25) is 9.69 Å². The fourth-order valence-corrected chi connectivity index (χ4v) is 2.25. The van der Waals surface area contributed by atoms with E-state index in [-0.39, 0.29) is 11.8 Å². The van der Waals surface area contributed by atoms with Crippen molar-refractivity contribution in [3.63, 3.8) is 0 Å². The number of amides is 1. The number of carbonyl (C=O) groups excluding carboxylic acids is 1. The molecule has 1 aromatic heterocycles. The SMILES string of the molecule is CC(C)c1nc(CN(C)CCCC(=O)Nc2ccc(C#N)cc2)no1. The second kappa shape index (κ2) is 8.94. The van der Waals surface area contributed by atoms with Crippen LogP contribution in [0.25, 0.3) is 0 Å². The summed E-state index contributed by atoms with van der Waals surface area (Å²) in [5.74, 6) is 1.48. The normalized spacial score (nSPS) is 10.9. The van der Waals surface area contributed by atoms with Crippen LogP contribution < -0.4 is 5.32 Å². The van der Waals surface area contributed by atoms with E-state index >= 15 is 0 Å². The molecule has 0 fully saturated rings. The average Bonchev–Trinajstić information content (AvgIpc) is 3.04. The van der Waals surface area contributed by atoms with Crippen molar-refractivity contribution in [3.8, 4) is 6.07 Å². The van der Waals surface area contributed by atoms with Gasteiger partial charge in [0.1, 0.15) is 0 Å². The van der Waals surface area contributed by atoms with Crippen molar-refractivity contribution in [2.75, 3.05) is 18.9 Å². The highest BCUT2D eigenvalue weighted by molar-refractivity contribution is 5.90. The highest BCUT2D eigenvalue weighted by atomic mass is 16.5. The summed E-state index contributed by atoms with van der Waals surface area (Å²) in [4.78, 5) is 18.4. The van der Waals surface area contributed by atoms with Crippen molar-refractivity contribution in [1.82, 2.24) is 15.0 Å². The van der Waals surface area contributed by atoms with Gasteiger partial charge in [0.25, 0.3) is 0 Å². The zero-order valence-electron chi connectivity index (χ0n) is 14.8. The summed E-state index contributed by atoms with van der Waals surface area (Å²) < 4.78 is 5.18. The van der Waals surface area contributed by atoms with E-state index in [9.17, 15) is 4.79 Å². The summed E-state index contributed by atoms with van der Waals surface area (Å²) in [6.07, 6.45) is 1.15. The topological polar surface area (TPSA) is 95.1 Å². The molecule has 132 valence electrons. The molecular weight excluding hydrogens is 318 g/mol. The second-order valence-corrected chi connectivity index (χ2v) is 6.28. The Morgan fingerprint density at radius 3 is 2.68 bits per heavy atom. The molecule has 25 heavy (non-hydrogen) atoms. The number of hydrogen-bond acceptors (Lipinski definition) is 6. The summed E-state index contributed by atoms with van der Waals surface area (Å²) >= 11 is 0. The Morgan fingerprint density at radius 1 is 1.36 bits per heavy atom. The van der Waals surface area contributed by atoms with E-state index in [0.29, 0.717) is 35.9 Å². The van der Waals surface area contributed by atoms with E-state index in [4.69, 9.17) is 9.78 Å². The molecule has 7 nitrogen and oxygen atoms in total. The van der Waals surface area contributed by atoms with Crippen LogP contribution in [0.5, 0.6) is 0 Å². The van der Waals surface area contributed by atoms with Gasteiger partial charge >= 0.3 is 0 Å². The van der Waals surface area contributed by atoms with Crippen LogP contribution >= 0.6 is 0 Å². The Bertz CT molecular complexity index is 731. The molecule has 0 aliphatic carbocycles. The number of hydrogen-bond donors (Lipinski definition) is 1. The maximum Gasteiger partial charge on any atom is 0.229 e. The predicted octanol–water partition coefficient (Wildman–Crippen LogP) is 2.92. The molecule has 0 atom stereocenters. The van der Waals surface area contributed by atoms with Crippen molar-refractivity contribution in [2.45, 2.75) is 39.2 Å². The lowest BCUT2D eigenvalue weighted by atomic mass is 10.2. The van der Waals surface area contributed by atoms with Crippen molar-refractivity contribution in [1.29, 1.82) is 5.26 Å². The first-order valence-electron chi connectivity index (χ1n) is 8.29. The summed E-state index contributed by atoms with van der Waals surface area (Å²) in [6, 6.07) is 8.86. The lowest BCUT2D eigenvalue weighted by molar-refractivity contribution is -0.116. The minimum atomic E-state index is -0.0419. The lowest BCUT2D eigenvalue weighted by Crippen LogP contribution is -2.21. The Hall–Kier alpha value is -2.72. The second-order valence-electron chi connectivity index (χ2n) is 6.28. The van der Waals surface area contributed by atoms with Gasteiger partial charge in [-0.1, -0.05) is 19.0 Å². The third-order valence-electron chi connectivity index (χ3n) is 3.63. The Labute approximate surface area is 147 Å². The van der Waals surface area contributed by atoms with Crippen LogP contribution in [-0.4, -0.2) is 34.5 Å². The van der Waals surface area contributed by atoms with Crippen molar-refractivity contribution in [2.24, 2.45) is 0 Å². The average molecular weight is 341 g/mol. The molecule has 0 saturated carbocycles. The molecule has 0 radical (unpaired) electrons. The molecule has 0 aliphatic rings. The summed E-state index contributed by atoms with van der Waals surface area (Å²) in [5, 5.41) is 15.5. The Balaban J connectivity index is 1.69. The number of benzene rings is 1. The number of anilines is 1. The highest BCUT2D eigenvalue weighted by Gasteiger charge is 2.12. The van der Waals surface area contributed by atoms with Crippen LogP contribution in [-0.2, 0) is 11.3 Å². The van der Waals surface area contributed by atoms with Crippen LogP contribution in [0.4, 0.5) is 5.69 Å². The molecule has 0 aliphatic heterocycles. The summed E-state index contributed by atoms with van der Waals surface area (Å²) in [5.41, 5.74) is 1.27. The quantitative estimate of drug-likeness (QED) is 0.793. The van der Waals surface area contributed by atoms with Crippen LogP contribution in [0.2, 0.25) is 0 Å². The molecule has 0 bridgehead atoms. The first-order valence-corrected chi connectivity index (χ1v) is 8.29. The maximum atomic E-state index is 12.0. The predicted molar refractivity (Wildman–Crippen MR) is 93.7 cm³/mol. The van der Waals surface area contributed by atoms with Gasteiger partial charge in [0, 0.05) is 18.0 Å². The highest BCUT2D eigenvalue weighted by Crippen LogP contribution is 2.12. The number of aromatic nitrogens is 2. The van der Waals surface area contributed by atoms with Crippen LogP contribution in [0.3, 0.4) is 0 Å². The van der Waals surface area contributed by atoms with Crippen molar-refractivity contribution < 1.29 is 9.32 Å². The Kier molecular flexibility index (Phi) is 6.66. The summed E-state index contributed by atoms with van der Waals surface area (Å²) in [7, 11) is 1.96. The number of nitrogens with one attached hydrogen (secondary N) is 1. The minimum Gasteiger partial charge on any atom is -0.339 e. The third kappa shape index (κ3) is 6.01. The molecular formula is C18H23N5O2. The van der Waals surface area contributed by atoms with Crippen molar-refractivity contribution >= 4 is 11.6 Å². The van der Waals surface area contributed by atoms with E-state index in [0.717, 1.165) is 13.0 Å². The molecule has 1 N–H and O–H groups in total. The van der Waals surface area contributed by atoms with Crippen LogP contribution in [0, 0.1) is 11.3 Å². The minimum absolute atomic E-state index is 0.0419. The molecule has 0 spiro atoms. The molecule has 2 rings (SSSR count). The summed E-state index contributed by atoms with van der Waals surface area (Å²) in [6.45, 7) is 5.36. The van der Waals surface area contributed by atoms with Gasteiger partial charge in [0.2, 0.25) is 11.8 Å². The molecule has 1 aromatic carbocycles. The molecule has 0 saturated heterocycles. The largest absolute Gasteiger partial charge is 0.339 e. The first-order chi connectivity index (χ1) is 12.0. The van der Waals surface area contributed by atoms with E-state index < -0.39 is 0 Å². The zero-order chi connectivity index (χ0) is 18.2. The number of nitriles is 1. The van der Waals surface area contributed by atoms with Gasteiger partial charge in [0.05, 0.1) is 18.2 Å². The molecule has 1 amide bonds. The monoisotopic (exact) mass is 341 g/mol. The van der Waals surface area contributed by atoms with Gasteiger partial charge in [-0.2, -0.15) is 10.2 Å². The first kappa shape index (κ1) is 18.6. The van der Waals surface area contributed by atoms with E-state index in [1.54, 1.807) is 24.3 Å². The van der Waals surface area contributed by atoms with E-state index in [2.05, 4.69) is 20.4 Å². The van der Waals surface area contributed by atoms with Gasteiger partial charge in [-0.25, -0.2) is 0 Å². The maximum absolute atomic E-state index is 12.0. The van der Waals surface area contributed by atoms with Gasteiger partial charge in [-0.05, 0) is 44.3 Å². The molecule has 0 unspecified atom stereocenters. The molecule has 7 heteroatoms. The fourth-order valence-electron chi connectivity index (χ4n) is 2.25. The molecule has 2 aromatic rings. The van der Waals surface area contributed by atoms with E-state index in [1.165, 1.54) is 0 Å².